The largest absolute Gasteiger partial charge is 0.487 e. The molecule has 0 spiro atoms. The number of rotatable bonds is 3. The molecule has 0 aliphatic rings. The topological polar surface area (TPSA) is 9.23 Å². The predicted molar refractivity (Wildman–Crippen MR) is 67.0 cm³/mol. The van der Waals surface area contributed by atoms with Crippen LogP contribution in [0.15, 0.2) is 48.5 Å². The van der Waals surface area contributed by atoms with Gasteiger partial charge in [-0.2, -0.15) is 0 Å². The molecule has 0 radical (unpaired) electrons. The Morgan fingerprint density at radius 2 is 1.75 bits per heavy atom. The third-order valence-electron chi connectivity index (χ3n) is 2.39. The summed E-state index contributed by atoms with van der Waals surface area (Å²) in [6.07, 6.45) is 0. The van der Waals surface area contributed by atoms with Crippen LogP contribution in [0, 0.1) is 6.92 Å². The summed E-state index contributed by atoms with van der Waals surface area (Å²) in [5, 5.41) is 0.693. The summed E-state index contributed by atoms with van der Waals surface area (Å²) in [4.78, 5) is 0. The summed E-state index contributed by atoms with van der Waals surface area (Å²) >= 11 is 6.13. The first-order chi connectivity index (χ1) is 7.77. The van der Waals surface area contributed by atoms with Crippen molar-refractivity contribution in [2.24, 2.45) is 0 Å². The summed E-state index contributed by atoms with van der Waals surface area (Å²) in [6, 6.07) is 15.8. The Labute approximate surface area is 101 Å². The average molecular weight is 233 g/mol. The number of aryl methyl sites for hydroxylation is 1. The Morgan fingerprint density at radius 1 is 1.00 bits per heavy atom. The first-order valence-electron chi connectivity index (χ1n) is 5.19. The van der Waals surface area contributed by atoms with Crippen LogP contribution < -0.4 is 4.74 Å². The molecule has 0 saturated carbocycles. The quantitative estimate of drug-likeness (QED) is 0.770. The molecule has 0 aliphatic carbocycles. The summed E-state index contributed by atoms with van der Waals surface area (Å²) in [7, 11) is 0. The van der Waals surface area contributed by atoms with Gasteiger partial charge in [0.25, 0.3) is 0 Å². The number of ether oxygens (including phenoxy) is 1. The molecule has 2 aromatic rings. The average Bonchev–Trinajstić information content (AvgIpc) is 2.32. The minimum absolute atomic E-state index is 0.546. The molecule has 0 atom stereocenters. The van der Waals surface area contributed by atoms with E-state index >= 15 is 0 Å². The molecule has 2 aromatic carbocycles. The normalized spacial score (nSPS) is 10.1. The van der Waals surface area contributed by atoms with E-state index in [2.05, 4.69) is 0 Å². The molecule has 0 bridgehead atoms. The van der Waals surface area contributed by atoms with Gasteiger partial charge in [-0.3, -0.25) is 0 Å². The molecular weight excluding hydrogens is 220 g/mol. The van der Waals surface area contributed by atoms with Crippen molar-refractivity contribution in [3.63, 3.8) is 0 Å². The van der Waals surface area contributed by atoms with Gasteiger partial charge in [-0.15, -0.1) is 0 Å². The van der Waals surface area contributed by atoms with Gasteiger partial charge >= 0.3 is 0 Å². The highest BCUT2D eigenvalue weighted by molar-refractivity contribution is 6.32. The highest BCUT2D eigenvalue weighted by Crippen LogP contribution is 2.27. The first-order valence-corrected chi connectivity index (χ1v) is 5.57. The lowest BCUT2D eigenvalue weighted by Gasteiger charge is -2.09. The van der Waals surface area contributed by atoms with Crippen LogP contribution in [0.2, 0.25) is 5.02 Å². The maximum Gasteiger partial charge on any atom is 0.138 e. The van der Waals surface area contributed by atoms with Crippen molar-refractivity contribution in [1.82, 2.24) is 0 Å². The third-order valence-corrected chi connectivity index (χ3v) is 2.88. The molecule has 2 heteroatoms. The van der Waals surface area contributed by atoms with Gasteiger partial charge in [-0.05, 0) is 24.1 Å². The van der Waals surface area contributed by atoms with E-state index in [1.165, 1.54) is 0 Å². The summed E-state index contributed by atoms with van der Waals surface area (Å²) in [5.74, 6) is 0.741. The molecular formula is C14H13ClO. The first kappa shape index (κ1) is 11.0. The highest BCUT2D eigenvalue weighted by atomic mass is 35.5. The molecule has 0 amide bonds. The number of hydrogen-bond donors (Lipinski definition) is 0. The molecule has 82 valence electrons. The van der Waals surface area contributed by atoms with E-state index in [9.17, 15) is 0 Å². The maximum absolute atomic E-state index is 6.13. The van der Waals surface area contributed by atoms with E-state index in [1.54, 1.807) is 0 Å². The second-order valence-corrected chi connectivity index (χ2v) is 4.04. The van der Waals surface area contributed by atoms with Crippen LogP contribution in [0.5, 0.6) is 5.75 Å². The van der Waals surface area contributed by atoms with Crippen molar-refractivity contribution in [2.45, 2.75) is 13.5 Å². The van der Waals surface area contributed by atoms with Gasteiger partial charge in [0.2, 0.25) is 0 Å². The zero-order valence-electron chi connectivity index (χ0n) is 9.11. The minimum atomic E-state index is 0.546. The zero-order chi connectivity index (χ0) is 11.4. The van der Waals surface area contributed by atoms with Crippen LogP contribution in [0.25, 0.3) is 0 Å². The molecule has 16 heavy (non-hydrogen) atoms. The number of benzene rings is 2. The SMILES string of the molecule is Cc1cccc(OCc2ccccc2)c1Cl. The van der Waals surface area contributed by atoms with Crippen molar-refractivity contribution in [1.29, 1.82) is 0 Å². The molecule has 0 unspecified atom stereocenters. The third kappa shape index (κ3) is 2.56. The van der Waals surface area contributed by atoms with E-state index in [1.807, 2.05) is 55.5 Å². The van der Waals surface area contributed by atoms with Crippen LogP contribution >= 0.6 is 11.6 Å². The van der Waals surface area contributed by atoms with Gasteiger partial charge in [0, 0.05) is 0 Å². The smallest absolute Gasteiger partial charge is 0.138 e. The Bertz CT molecular complexity index is 465. The minimum Gasteiger partial charge on any atom is -0.487 e. The van der Waals surface area contributed by atoms with Gasteiger partial charge < -0.3 is 4.74 Å². The lowest BCUT2D eigenvalue weighted by atomic mass is 10.2. The number of hydrogen-bond acceptors (Lipinski definition) is 1. The monoisotopic (exact) mass is 232 g/mol. The molecule has 0 fully saturated rings. The second kappa shape index (κ2) is 5.04. The van der Waals surface area contributed by atoms with Gasteiger partial charge in [0.1, 0.15) is 12.4 Å². The second-order valence-electron chi connectivity index (χ2n) is 3.66. The lowest BCUT2D eigenvalue weighted by Crippen LogP contribution is -1.96. The molecule has 1 nitrogen and oxygen atoms in total. The van der Waals surface area contributed by atoms with Crippen LogP contribution in [0.4, 0.5) is 0 Å². The Hall–Kier alpha value is -1.47. The molecule has 0 N–H and O–H groups in total. The Kier molecular flexibility index (Phi) is 3.47. The van der Waals surface area contributed by atoms with Gasteiger partial charge in [-0.1, -0.05) is 54.1 Å². The summed E-state index contributed by atoms with van der Waals surface area (Å²) in [6.45, 7) is 2.52. The van der Waals surface area contributed by atoms with Crippen molar-refractivity contribution >= 4 is 11.6 Å². The molecule has 0 aromatic heterocycles. The summed E-state index contributed by atoms with van der Waals surface area (Å²) in [5.41, 5.74) is 2.17. The summed E-state index contributed by atoms with van der Waals surface area (Å²) < 4.78 is 5.67. The van der Waals surface area contributed by atoms with Gasteiger partial charge in [-0.25, -0.2) is 0 Å². The molecule has 2 rings (SSSR count). The van der Waals surface area contributed by atoms with Gasteiger partial charge in [0.05, 0.1) is 5.02 Å². The fraction of sp³-hybridized carbons (Fsp3) is 0.143. The highest BCUT2D eigenvalue weighted by Gasteiger charge is 2.03. The molecule has 0 saturated heterocycles. The van der Waals surface area contributed by atoms with E-state index in [0.717, 1.165) is 16.9 Å². The van der Waals surface area contributed by atoms with Crippen LogP contribution in [-0.2, 0) is 6.61 Å². The van der Waals surface area contributed by atoms with Crippen LogP contribution in [0.1, 0.15) is 11.1 Å². The number of halogens is 1. The van der Waals surface area contributed by atoms with Crippen molar-refractivity contribution in [2.75, 3.05) is 0 Å². The Morgan fingerprint density at radius 3 is 2.50 bits per heavy atom. The molecule has 0 aliphatic heterocycles. The van der Waals surface area contributed by atoms with E-state index in [-0.39, 0.29) is 0 Å². The van der Waals surface area contributed by atoms with E-state index < -0.39 is 0 Å². The zero-order valence-corrected chi connectivity index (χ0v) is 9.87. The van der Waals surface area contributed by atoms with Crippen LogP contribution in [0.3, 0.4) is 0 Å². The van der Waals surface area contributed by atoms with Crippen LogP contribution in [-0.4, -0.2) is 0 Å². The Balaban J connectivity index is 2.08. The van der Waals surface area contributed by atoms with Crippen molar-refractivity contribution in [3.05, 3.63) is 64.7 Å². The maximum atomic E-state index is 6.13. The van der Waals surface area contributed by atoms with Crippen molar-refractivity contribution in [3.8, 4) is 5.75 Å². The van der Waals surface area contributed by atoms with Crippen molar-refractivity contribution < 1.29 is 4.74 Å². The molecule has 0 heterocycles. The fourth-order valence-corrected chi connectivity index (χ4v) is 1.65. The van der Waals surface area contributed by atoms with E-state index in [0.29, 0.717) is 11.6 Å². The van der Waals surface area contributed by atoms with E-state index in [4.69, 9.17) is 16.3 Å². The fourth-order valence-electron chi connectivity index (χ4n) is 1.47. The predicted octanol–water partition coefficient (Wildman–Crippen LogP) is 4.23. The van der Waals surface area contributed by atoms with Gasteiger partial charge in [0.15, 0.2) is 0 Å². The lowest BCUT2D eigenvalue weighted by molar-refractivity contribution is 0.306. The standard InChI is InChI=1S/C14H13ClO/c1-11-6-5-9-13(14(11)15)16-10-12-7-3-2-4-8-12/h2-9H,10H2,1H3.